The van der Waals surface area contributed by atoms with Gasteiger partial charge in [-0.2, -0.15) is 0 Å². The predicted octanol–water partition coefficient (Wildman–Crippen LogP) is 4.17. The molecule has 4 rings (SSSR count). The van der Waals surface area contributed by atoms with Crippen LogP contribution in [0, 0.1) is 12.8 Å². The number of rotatable bonds is 6. The summed E-state index contributed by atoms with van der Waals surface area (Å²) >= 11 is 0. The highest BCUT2D eigenvalue weighted by Crippen LogP contribution is 2.24. The van der Waals surface area contributed by atoms with Gasteiger partial charge in [-0.25, -0.2) is 0 Å². The Bertz CT molecular complexity index is 968. The van der Waals surface area contributed by atoms with E-state index < -0.39 is 0 Å². The highest BCUT2D eigenvalue weighted by atomic mass is 16.5. The van der Waals surface area contributed by atoms with Gasteiger partial charge in [-0.05, 0) is 74.6 Å². The maximum absolute atomic E-state index is 13.1. The van der Waals surface area contributed by atoms with Crippen LogP contribution in [0.2, 0.25) is 0 Å². The average Bonchev–Trinajstić information content (AvgIpc) is 3.37. The summed E-state index contributed by atoms with van der Waals surface area (Å²) in [5, 5.41) is 0. The van der Waals surface area contributed by atoms with E-state index in [2.05, 4.69) is 0 Å². The van der Waals surface area contributed by atoms with Gasteiger partial charge in [0.1, 0.15) is 11.5 Å². The van der Waals surface area contributed by atoms with Crippen LogP contribution >= 0.6 is 0 Å². The summed E-state index contributed by atoms with van der Waals surface area (Å²) in [4.78, 5) is 29.6. The Balaban J connectivity index is 1.35. The molecule has 0 N–H and O–H groups in total. The van der Waals surface area contributed by atoms with Crippen LogP contribution in [0.15, 0.2) is 42.5 Å². The first-order chi connectivity index (χ1) is 15.5. The molecule has 0 aromatic heterocycles. The quantitative estimate of drug-likeness (QED) is 0.682. The lowest BCUT2D eigenvalue weighted by atomic mass is 9.97. The Hall–Kier alpha value is -3.02. The fourth-order valence-electron chi connectivity index (χ4n) is 4.59. The van der Waals surface area contributed by atoms with E-state index in [9.17, 15) is 9.59 Å². The van der Waals surface area contributed by atoms with Crippen LogP contribution in [0.4, 0.5) is 0 Å². The van der Waals surface area contributed by atoms with Crippen LogP contribution in [0.3, 0.4) is 0 Å². The van der Waals surface area contributed by atoms with Crippen molar-refractivity contribution in [3.8, 4) is 11.5 Å². The lowest BCUT2D eigenvalue weighted by Crippen LogP contribution is -2.41. The number of piperidine rings is 1. The smallest absolute Gasteiger partial charge is 0.254 e. The molecule has 2 aliphatic rings. The molecule has 2 saturated heterocycles. The summed E-state index contributed by atoms with van der Waals surface area (Å²) < 4.78 is 11.3. The number of hydrogen-bond donors (Lipinski definition) is 0. The van der Waals surface area contributed by atoms with Crippen LogP contribution in [0.5, 0.6) is 11.5 Å². The van der Waals surface area contributed by atoms with Crippen molar-refractivity contribution in [2.75, 3.05) is 39.9 Å². The standard InChI is InChI=1S/C26H32N2O4/c1-19-15-22(31-2)10-11-24(19)26(30)28-14-6-7-20(17-28)18-32-23-9-5-8-21(16-23)25(29)27-12-3-4-13-27/h5,8-11,15-16,20H,3-4,6-7,12-14,17-18H2,1-2H3. The first-order valence-corrected chi connectivity index (χ1v) is 11.5. The molecule has 0 bridgehead atoms. The predicted molar refractivity (Wildman–Crippen MR) is 123 cm³/mol. The van der Waals surface area contributed by atoms with Gasteiger partial charge >= 0.3 is 0 Å². The Morgan fingerprint density at radius 3 is 2.47 bits per heavy atom. The van der Waals surface area contributed by atoms with Crippen LogP contribution in [-0.2, 0) is 0 Å². The number of carbonyl (C=O) groups excluding carboxylic acids is 2. The number of hydrogen-bond acceptors (Lipinski definition) is 4. The SMILES string of the molecule is COc1ccc(C(=O)N2CCCC(COc3cccc(C(=O)N4CCCC4)c3)C2)c(C)c1. The zero-order valence-corrected chi connectivity index (χ0v) is 19.0. The summed E-state index contributed by atoms with van der Waals surface area (Å²) in [6.07, 6.45) is 4.14. The van der Waals surface area contributed by atoms with E-state index in [1.807, 2.05) is 59.2 Å². The monoisotopic (exact) mass is 436 g/mol. The topological polar surface area (TPSA) is 59.1 Å². The molecule has 2 aromatic carbocycles. The Morgan fingerprint density at radius 1 is 0.938 bits per heavy atom. The molecule has 2 fully saturated rings. The highest BCUT2D eigenvalue weighted by molar-refractivity contribution is 5.96. The minimum absolute atomic E-state index is 0.0630. The number of nitrogens with zero attached hydrogens (tertiary/aromatic N) is 2. The van der Waals surface area contributed by atoms with Gasteiger partial charge in [0, 0.05) is 43.2 Å². The maximum Gasteiger partial charge on any atom is 0.254 e. The molecule has 170 valence electrons. The maximum atomic E-state index is 13.1. The normalized spacial score (nSPS) is 18.5. The lowest BCUT2D eigenvalue weighted by Gasteiger charge is -2.33. The largest absolute Gasteiger partial charge is 0.497 e. The molecule has 2 aliphatic heterocycles. The second-order valence-electron chi connectivity index (χ2n) is 8.78. The third kappa shape index (κ3) is 5.06. The van der Waals surface area contributed by atoms with Crippen LogP contribution in [-0.4, -0.2) is 61.5 Å². The molecule has 0 aliphatic carbocycles. The molecule has 2 amide bonds. The number of benzene rings is 2. The minimum Gasteiger partial charge on any atom is -0.497 e. The number of likely N-dealkylation sites (tertiary alicyclic amines) is 2. The molecule has 6 heteroatoms. The van der Waals surface area contributed by atoms with Crippen molar-refractivity contribution in [1.82, 2.24) is 9.80 Å². The van der Waals surface area contributed by atoms with E-state index in [1.165, 1.54) is 0 Å². The fourth-order valence-corrected chi connectivity index (χ4v) is 4.59. The Morgan fingerprint density at radius 2 is 1.72 bits per heavy atom. The summed E-state index contributed by atoms with van der Waals surface area (Å²) in [7, 11) is 1.63. The summed E-state index contributed by atoms with van der Waals surface area (Å²) in [6.45, 7) is 5.59. The molecule has 2 heterocycles. The van der Waals surface area contributed by atoms with E-state index in [0.29, 0.717) is 24.5 Å². The zero-order valence-electron chi connectivity index (χ0n) is 19.0. The number of carbonyl (C=O) groups is 2. The summed E-state index contributed by atoms with van der Waals surface area (Å²) in [5.41, 5.74) is 2.33. The number of aryl methyl sites for hydroxylation is 1. The summed E-state index contributed by atoms with van der Waals surface area (Å²) in [5.74, 6) is 1.88. The van der Waals surface area contributed by atoms with Gasteiger partial charge < -0.3 is 19.3 Å². The number of amides is 2. The second-order valence-corrected chi connectivity index (χ2v) is 8.78. The minimum atomic E-state index is 0.0630. The molecule has 0 saturated carbocycles. The molecular formula is C26H32N2O4. The number of ether oxygens (including phenoxy) is 2. The third-order valence-electron chi connectivity index (χ3n) is 6.43. The Kier molecular flexibility index (Phi) is 6.98. The van der Waals surface area contributed by atoms with Crippen molar-refractivity contribution in [3.63, 3.8) is 0 Å². The van der Waals surface area contributed by atoms with E-state index in [-0.39, 0.29) is 17.7 Å². The van der Waals surface area contributed by atoms with E-state index >= 15 is 0 Å². The van der Waals surface area contributed by atoms with Gasteiger partial charge in [-0.3, -0.25) is 9.59 Å². The van der Waals surface area contributed by atoms with Crippen molar-refractivity contribution < 1.29 is 19.1 Å². The molecule has 0 radical (unpaired) electrons. The zero-order chi connectivity index (χ0) is 22.5. The first-order valence-electron chi connectivity index (χ1n) is 11.5. The molecule has 1 atom stereocenters. The van der Waals surface area contributed by atoms with Crippen LogP contribution < -0.4 is 9.47 Å². The average molecular weight is 437 g/mol. The van der Waals surface area contributed by atoms with Crippen molar-refractivity contribution in [2.24, 2.45) is 5.92 Å². The van der Waals surface area contributed by atoms with E-state index in [4.69, 9.17) is 9.47 Å². The van der Waals surface area contributed by atoms with Gasteiger partial charge in [-0.15, -0.1) is 0 Å². The van der Waals surface area contributed by atoms with Gasteiger partial charge in [0.25, 0.3) is 11.8 Å². The summed E-state index contributed by atoms with van der Waals surface area (Å²) in [6, 6.07) is 13.0. The molecule has 1 unspecified atom stereocenters. The Labute approximate surface area is 190 Å². The molecule has 2 aromatic rings. The van der Waals surface area contributed by atoms with E-state index in [0.717, 1.165) is 62.2 Å². The van der Waals surface area contributed by atoms with Gasteiger partial charge in [0.15, 0.2) is 0 Å². The van der Waals surface area contributed by atoms with Gasteiger partial charge in [-0.1, -0.05) is 6.07 Å². The van der Waals surface area contributed by atoms with Crippen molar-refractivity contribution in [2.45, 2.75) is 32.6 Å². The molecular weight excluding hydrogens is 404 g/mol. The van der Waals surface area contributed by atoms with Gasteiger partial charge in [0.2, 0.25) is 0 Å². The van der Waals surface area contributed by atoms with Crippen LogP contribution in [0.25, 0.3) is 0 Å². The van der Waals surface area contributed by atoms with Crippen molar-refractivity contribution in [3.05, 3.63) is 59.2 Å². The molecule has 0 spiro atoms. The third-order valence-corrected chi connectivity index (χ3v) is 6.43. The second kappa shape index (κ2) is 10.1. The van der Waals surface area contributed by atoms with Gasteiger partial charge in [0.05, 0.1) is 13.7 Å². The van der Waals surface area contributed by atoms with Crippen LogP contribution in [0.1, 0.15) is 52.0 Å². The number of methoxy groups -OCH3 is 1. The molecule has 6 nitrogen and oxygen atoms in total. The van der Waals surface area contributed by atoms with E-state index in [1.54, 1.807) is 7.11 Å². The molecule has 32 heavy (non-hydrogen) atoms. The lowest BCUT2D eigenvalue weighted by molar-refractivity contribution is 0.0631. The highest BCUT2D eigenvalue weighted by Gasteiger charge is 2.26. The van der Waals surface area contributed by atoms with Crippen molar-refractivity contribution >= 4 is 11.8 Å². The van der Waals surface area contributed by atoms with Crippen molar-refractivity contribution in [1.29, 1.82) is 0 Å². The fraction of sp³-hybridized carbons (Fsp3) is 0.462. The first kappa shape index (κ1) is 22.2.